The van der Waals surface area contributed by atoms with Crippen molar-refractivity contribution in [3.63, 3.8) is 0 Å². The molecule has 0 spiro atoms. The number of urea groups is 1. The van der Waals surface area contributed by atoms with Gasteiger partial charge in [0.25, 0.3) is 0 Å². The number of carbonyl (C=O) groups is 1. The molecule has 0 radical (unpaired) electrons. The Hall–Kier alpha value is -1.75. The van der Waals surface area contributed by atoms with E-state index in [9.17, 15) is 4.79 Å². The van der Waals surface area contributed by atoms with Gasteiger partial charge in [0.15, 0.2) is 0 Å². The van der Waals surface area contributed by atoms with Gasteiger partial charge < -0.3 is 15.8 Å². The molecule has 1 rings (SSSR count). The molecule has 0 atom stereocenters. The van der Waals surface area contributed by atoms with Crippen LogP contribution in [-0.4, -0.2) is 32.3 Å². The van der Waals surface area contributed by atoms with Gasteiger partial charge in [-0.1, -0.05) is 0 Å². The molecular weight excluding hydrogens is 242 g/mol. The Morgan fingerprint density at radius 3 is 2.47 bits per heavy atom. The number of carbonyl (C=O) groups excluding carboxylic acids is 1. The Morgan fingerprint density at radius 1 is 1.37 bits per heavy atom. The van der Waals surface area contributed by atoms with Crippen LogP contribution in [0.25, 0.3) is 0 Å². The fourth-order valence-electron chi connectivity index (χ4n) is 1.68. The molecule has 0 unspecified atom stereocenters. The van der Waals surface area contributed by atoms with Crippen molar-refractivity contribution in [3.05, 3.63) is 24.3 Å². The third-order valence-corrected chi connectivity index (χ3v) is 2.63. The average Bonchev–Trinajstić information content (AvgIpc) is 2.39. The highest BCUT2D eigenvalue weighted by Gasteiger charge is 2.15. The Morgan fingerprint density at radius 2 is 2.00 bits per heavy atom. The van der Waals surface area contributed by atoms with Crippen molar-refractivity contribution < 1.29 is 9.53 Å². The predicted molar refractivity (Wildman–Crippen MR) is 77.7 cm³/mol. The molecule has 0 saturated heterocycles. The third kappa shape index (κ3) is 4.79. The molecule has 0 aromatic heterocycles. The zero-order chi connectivity index (χ0) is 14.3. The molecule has 106 valence electrons. The summed E-state index contributed by atoms with van der Waals surface area (Å²) in [5.41, 5.74) is 6.36. The van der Waals surface area contributed by atoms with E-state index in [0.29, 0.717) is 13.1 Å². The summed E-state index contributed by atoms with van der Waals surface area (Å²) < 4.78 is 5.12. The number of hydrogen-bond donors (Lipinski definition) is 2. The molecule has 5 nitrogen and oxygen atoms in total. The normalized spacial score (nSPS) is 10.4. The third-order valence-electron chi connectivity index (χ3n) is 2.63. The van der Waals surface area contributed by atoms with Crippen molar-refractivity contribution in [1.82, 2.24) is 5.32 Å². The van der Waals surface area contributed by atoms with Crippen LogP contribution in [0.2, 0.25) is 0 Å². The molecule has 19 heavy (non-hydrogen) atoms. The largest absolute Gasteiger partial charge is 0.497 e. The van der Waals surface area contributed by atoms with Crippen LogP contribution in [0.15, 0.2) is 24.3 Å². The number of hydrogen-bond acceptors (Lipinski definition) is 3. The lowest BCUT2D eigenvalue weighted by atomic mass is 10.2. The number of amides is 2. The lowest BCUT2D eigenvalue weighted by molar-refractivity contribution is 0.244. The summed E-state index contributed by atoms with van der Waals surface area (Å²) >= 11 is 0. The fraction of sp³-hybridized carbons (Fsp3) is 0.500. The molecule has 5 heteroatoms. The maximum absolute atomic E-state index is 12.2. The number of methoxy groups -OCH3 is 1. The standard InChI is InChI=1S/C14H23N3O2/c1-11(2)16-14(18)17(10-4-9-15)12-5-7-13(19-3)8-6-12/h5-8,11H,4,9-10,15H2,1-3H3,(H,16,18). The topological polar surface area (TPSA) is 67.6 Å². The highest BCUT2D eigenvalue weighted by Crippen LogP contribution is 2.19. The summed E-state index contributed by atoms with van der Waals surface area (Å²) in [5, 5.41) is 2.89. The minimum atomic E-state index is -0.103. The van der Waals surface area contributed by atoms with E-state index in [1.807, 2.05) is 38.1 Å². The van der Waals surface area contributed by atoms with E-state index in [1.54, 1.807) is 12.0 Å². The first-order valence-corrected chi connectivity index (χ1v) is 6.50. The van der Waals surface area contributed by atoms with Crippen molar-refractivity contribution in [3.8, 4) is 5.75 Å². The maximum atomic E-state index is 12.2. The van der Waals surface area contributed by atoms with Crippen molar-refractivity contribution in [2.24, 2.45) is 5.73 Å². The smallest absolute Gasteiger partial charge is 0.322 e. The van der Waals surface area contributed by atoms with Crippen LogP contribution in [0.5, 0.6) is 5.75 Å². The Balaban J connectivity index is 2.84. The second-order valence-corrected chi connectivity index (χ2v) is 4.60. The molecule has 0 bridgehead atoms. The van der Waals surface area contributed by atoms with E-state index in [4.69, 9.17) is 10.5 Å². The van der Waals surface area contributed by atoms with Gasteiger partial charge in [-0.2, -0.15) is 0 Å². The summed E-state index contributed by atoms with van der Waals surface area (Å²) in [5.74, 6) is 0.770. The van der Waals surface area contributed by atoms with Gasteiger partial charge in [-0.25, -0.2) is 4.79 Å². The number of rotatable bonds is 6. The number of nitrogens with one attached hydrogen (secondary N) is 1. The van der Waals surface area contributed by atoms with Gasteiger partial charge in [-0.3, -0.25) is 4.90 Å². The molecule has 0 aliphatic carbocycles. The Bertz CT molecular complexity index is 390. The van der Waals surface area contributed by atoms with Crippen LogP contribution in [0.3, 0.4) is 0 Å². The van der Waals surface area contributed by atoms with Crippen LogP contribution in [0, 0.1) is 0 Å². The first-order valence-electron chi connectivity index (χ1n) is 6.50. The van der Waals surface area contributed by atoms with Crippen molar-refractivity contribution in [2.75, 3.05) is 25.1 Å². The van der Waals surface area contributed by atoms with Gasteiger partial charge >= 0.3 is 6.03 Å². The van der Waals surface area contributed by atoms with E-state index in [1.165, 1.54) is 0 Å². The van der Waals surface area contributed by atoms with Gasteiger partial charge in [0, 0.05) is 18.3 Å². The number of nitrogens with two attached hydrogens (primary N) is 1. The average molecular weight is 265 g/mol. The van der Waals surface area contributed by atoms with Crippen LogP contribution in [0.4, 0.5) is 10.5 Å². The van der Waals surface area contributed by atoms with Crippen LogP contribution in [0.1, 0.15) is 20.3 Å². The lowest BCUT2D eigenvalue weighted by Gasteiger charge is -2.24. The number of nitrogens with zero attached hydrogens (tertiary/aromatic N) is 1. The van der Waals surface area contributed by atoms with Gasteiger partial charge in [-0.05, 0) is 51.1 Å². The van der Waals surface area contributed by atoms with Gasteiger partial charge in [0.1, 0.15) is 5.75 Å². The van der Waals surface area contributed by atoms with Crippen molar-refractivity contribution >= 4 is 11.7 Å². The molecule has 1 aromatic rings. The van der Waals surface area contributed by atoms with Crippen LogP contribution in [-0.2, 0) is 0 Å². The minimum Gasteiger partial charge on any atom is -0.497 e. The SMILES string of the molecule is COc1ccc(N(CCCN)C(=O)NC(C)C)cc1. The first kappa shape index (κ1) is 15.3. The van der Waals surface area contributed by atoms with E-state index in [0.717, 1.165) is 17.9 Å². The maximum Gasteiger partial charge on any atom is 0.322 e. The zero-order valence-corrected chi connectivity index (χ0v) is 11.8. The van der Waals surface area contributed by atoms with Gasteiger partial charge in [0.05, 0.1) is 7.11 Å². The summed E-state index contributed by atoms with van der Waals surface area (Å²) in [6.45, 7) is 5.03. The first-order chi connectivity index (χ1) is 9.08. The number of benzene rings is 1. The van der Waals surface area contributed by atoms with Crippen LogP contribution >= 0.6 is 0 Å². The molecular formula is C14H23N3O2. The van der Waals surface area contributed by atoms with Gasteiger partial charge in [-0.15, -0.1) is 0 Å². The Kier molecular flexibility index (Phi) is 6.15. The molecule has 3 N–H and O–H groups in total. The molecule has 0 saturated carbocycles. The second kappa shape index (κ2) is 7.63. The van der Waals surface area contributed by atoms with E-state index >= 15 is 0 Å². The van der Waals surface area contributed by atoms with Crippen molar-refractivity contribution in [1.29, 1.82) is 0 Å². The highest BCUT2D eigenvalue weighted by atomic mass is 16.5. The molecule has 1 aromatic carbocycles. The predicted octanol–water partition coefficient (Wildman–Crippen LogP) is 1.97. The summed E-state index contributed by atoms with van der Waals surface area (Å²) in [6.07, 6.45) is 0.761. The quantitative estimate of drug-likeness (QED) is 0.826. The van der Waals surface area contributed by atoms with Crippen LogP contribution < -0.4 is 20.7 Å². The fourth-order valence-corrected chi connectivity index (χ4v) is 1.68. The molecule has 0 aliphatic heterocycles. The monoisotopic (exact) mass is 265 g/mol. The summed E-state index contributed by atoms with van der Waals surface area (Å²) in [6, 6.07) is 7.42. The van der Waals surface area contributed by atoms with E-state index in [-0.39, 0.29) is 12.1 Å². The van der Waals surface area contributed by atoms with E-state index < -0.39 is 0 Å². The van der Waals surface area contributed by atoms with E-state index in [2.05, 4.69) is 5.32 Å². The molecule has 0 heterocycles. The second-order valence-electron chi connectivity index (χ2n) is 4.60. The van der Waals surface area contributed by atoms with Crippen molar-refractivity contribution in [2.45, 2.75) is 26.3 Å². The van der Waals surface area contributed by atoms with Gasteiger partial charge in [0.2, 0.25) is 0 Å². The Labute approximate surface area is 114 Å². The highest BCUT2D eigenvalue weighted by molar-refractivity contribution is 5.92. The summed E-state index contributed by atoms with van der Waals surface area (Å²) in [4.78, 5) is 13.9. The number of anilines is 1. The molecule has 0 aliphatic rings. The molecule has 0 fully saturated rings. The number of ether oxygens (including phenoxy) is 1. The summed E-state index contributed by atoms with van der Waals surface area (Å²) in [7, 11) is 1.62. The molecule has 2 amide bonds. The zero-order valence-electron chi connectivity index (χ0n) is 11.8. The lowest BCUT2D eigenvalue weighted by Crippen LogP contribution is -2.44. The minimum absolute atomic E-state index is 0.103.